The van der Waals surface area contributed by atoms with Gasteiger partial charge in [0, 0.05) is 24.7 Å². The number of nitrogens with zero attached hydrogens (tertiary/aromatic N) is 2. The van der Waals surface area contributed by atoms with Gasteiger partial charge < -0.3 is 4.90 Å². The molecule has 0 aromatic carbocycles. The predicted octanol–water partition coefficient (Wildman–Crippen LogP) is 3.83. The second-order valence-corrected chi connectivity index (χ2v) is 7.02. The molecule has 1 aromatic rings. The maximum atomic E-state index is 4.31. The average Bonchev–Trinajstić information content (AvgIpc) is 2.86. The normalized spacial score (nSPS) is 22.4. The van der Waals surface area contributed by atoms with Gasteiger partial charge in [-0.2, -0.15) is 5.10 Å². The van der Waals surface area contributed by atoms with Crippen LogP contribution in [0.1, 0.15) is 64.1 Å². The molecule has 1 fully saturated rings. The molecule has 0 unspecified atom stereocenters. The van der Waals surface area contributed by atoms with Crippen LogP contribution in [-0.2, 0) is 6.42 Å². The Morgan fingerprint density at radius 2 is 2.20 bits per heavy atom. The van der Waals surface area contributed by atoms with Crippen LogP contribution in [0.4, 0.5) is 0 Å². The lowest BCUT2D eigenvalue weighted by Gasteiger charge is -2.34. The number of nitrogens with one attached hydrogen (secondary N) is 1. The summed E-state index contributed by atoms with van der Waals surface area (Å²) in [6.45, 7) is 13.0. The van der Waals surface area contributed by atoms with E-state index in [0.717, 1.165) is 12.3 Å². The molecule has 0 bridgehead atoms. The van der Waals surface area contributed by atoms with Crippen LogP contribution in [0.25, 0.3) is 0 Å². The molecule has 0 amide bonds. The highest BCUT2D eigenvalue weighted by molar-refractivity contribution is 5.22. The number of hydrogen-bond acceptors (Lipinski definition) is 2. The summed E-state index contributed by atoms with van der Waals surface area (Å²) in [6, 6.07) is 0. The molecule has 20 heavy (non-hydrogen) atoms. The topological polar surface area (TPSA) is 31.9 Å². The Labute approximate surface area is 124 Å². The summed E-state index contributed by atoms with van der Waals surface area (Å²) >= 11 is 0. The summed E-state index contributed by atoms with van der Waals surface area (Å²) in [4.78, 5) is 2.66. The molecule has 3 nitrogen and oxygen atoms in total. The molecule has 0 radical (unpaired) electrons. The summed E-state index contributed by atoms with van der Waals surface area (Å²) in [7, 11) is 0. The van der Waals surface area contributed by atoms with Gasteiger partial charge in [0.15, 0.2) is 0 Å². The monoisotopic (exact) mass is 277 g/mol. The minimum Gasteiger partial charge on any atom is -0.302 e. The second kappa shape index (κ2) is 7.26. The minimum absolute atomic E-state index is 0.657. The van der Waals surface area contributed by atoms with Crippen LogP contribution in [0.3, 0.4) is 0 Å². The van der Waals surface area contributed by atoms with Gasteiger partial charge in [0.1, 0.15) is 0 Å². The molecule has 114 valence electrons. The fourth-order valence-corrected chi connectivity index (χ4v) is 3.30. The predicted molar refractivity (Wildman–Crippen MR) is 85.0 cm³/mol. The van der Waals surface area contributed by atoms with Crippen molar-refractivity contribution in [2.24, 2.45) is 11.8 Å². The molecule has 0 spiro atoms. The van der Waals surface area contributed by atoms with Crippen molar-refractivity contribution in [1.29, 1.82) is 0 Å². The van der Waals surface area contributed by atoms with Crippen molar-refractivity contribution in [3.05, 3.63) is 17.5 Å². The van der Waals surface area contributed by atoms with Crippen molar-refractivity contribution in [3.8, 4) is 0 Å². The first kappa shape index (κ1) is 15.6. The van der Waals surface area contributed by atoms with E-state index in [2.05, 4.69) is 42.8 Å². The summed E-state index contributed by atoms with van der Waals surface area (Å²) in [5, 5.41) is 7.60. The van der Waals surface area contributed by atoms with E-state index in [-0.39, 0.29) is 0 Å². The fourth-order valence-electron chi connectivity index (χ4n) is 3.30. The Hall–Kier alpha value is -0.830. The van der Waals surface area contributed by atoms with Gasteiger partial charge >= 0.3 is 0 Å². The zero-order chi connectivity index (χ0) is 14.5. The van der Waals surface area contributed by atoms with Crippen molar-refractivity contribution in [1.82, 2.24) is 15.1 Å². The molecular formula is C17H31N3. The van der Waals surface area contributed by atoms with Crippen LogP contribution < -0.4 is 0 Å². The highest BCUT2D eigenvalue weighted by atomic mass is 15.2. The Balaban J connectivity index is 2.00. The number of rotatable bonds is 6. The third-order valence-corrected chi connectivity index (χ3v) is 4.56. The molecule has 2 heterocycles. The molecule has 1 saturated heterocycles. The molecular weight excluding hydrogens is 246 g/mol. The Morgan fingerprint density at radius 3 is 2.90 bits per heavy atom. The lowest BCUT2D eigenvalue weighted by molar-refractivity contribution is 0.180. The van der Waals surface area contributed by atoms with Gasteiger partial charge in [0.2, 0.25) is 0 Å². The van der Waals surface area contributed by atoms with Gasteiger partial charge in [-0.1, -0.05) is 34.1 Å². The maximum Gasteiger partial charge on any atom is 0.0522 e. The molecule has 1 aliphatic rings. The van der Waals surface area contributed by atoms with Gasteiger partial charge in [0.25, 0.3) is 0 Å². The van der Waals surface area contributed by atoms with Crippen molar-refractivity contribution in [2.75, 3.05) is 19.6 Å². The number of aromatic nitrogens is 2. The quantitative estimate of drug-likeness (QED) is 0.857. The van der Waals surface area contributed by atoms with Crippen molar-refractivity contribution >= 4 is 0 Å². The van der Waals surface area contributed by atoms with E-state index in [0.29, 0.717) is 11.8 Å². The molecule has 0 aliphatic carbocycles. The maximum absolute atomic E-state index is 4.31. The largest absolute Gasteiger partial charge is 0.302 e. The molecule has 0 saturated carbocycles. The summed E-state index contributed by atoms with van der Waals surface area (Å²) < 4.78 is 0. The minimum atomic E-state index is 0.657. The van der Waals surface area contributed by atoms with Crippen molar-refractivity contribution < 1.29 is 0 Å². The van der Waals surface area contributed by atoms with Gasteiger partial charge in [-0.25, -0.2) is 0 Å². The Kier molecular flexibility index (Phi) is 5.64. The summed E-state index contributed by atoms with van der Waals surface area (Å²) in [6.07, 6.45) is 7.10. The molecule has 3 heteroatoms. The number of hydrogen-bond donors (Lipinski definition) is 1. The van der Waals surface area contributed by atoms with Crippen molar-refractivity contribution in [3.63, 3.8) is 0 Å². The third kappa shape index (κ3) is 4.08. The molecule has 2 rings (SSSR count). The first-order valence-corrected chi connectivity index (χ1v) is 8.34. The van der Waals surface area contributed by atoms with Gasteiger partial charge in [-0.15, -0.1) is 0 Å². The highest BCUT2D eigenvalue weighted by Gasteiger charge is 2.25. The third-order valence-electron chi connectivity index (χ3n) is 4.56. The van der Waals surface area contributed by atoms with Crippen LogP contribution in [0, 0.1) is 11.8 Å². The van der Waals surface area contributed by atoms with Crippen LogP contribution in [0.2, 0.25) is 0 Å². The summed E-state index contributed by atoms with van der Waals surface area (Å²) in [5.74, 6) is 2.17. The zero-order valence-electron chi connectivity index (χ0n) is 13.7. The first-order valence-electron chi connectivity index (χ1n) is 8.34. The standard InChI is InChI=1S/C17H31N3/c1-5-14(4)11-20-8-6-7-15(12-20)17-16(9-13(2)3)10-18-19-17/h10,13-15H,5-9,11-12H2,1-4H3,(H,18,19)/t14-,15+/m0/s1. The number of H-pyrrole nitrogens is 1. The van der Waals surface area contributed by atoms with Crippen LogP contribution in [-0.4, -0.2) is 34.7 Å². The summed E-state index contributed by atoms with van der Waals surface area (Å²) in [5.41, 5.74) is 2.85. The number of piperidine rings is 1. The van der Waals surface area contributed by atoms with Gasteiger partial charge in [0.05, 0.1) is 6.20 Å². The van der Waals surface area contributed by atoms with E-state index >= 15 is 0 Å². The van der Waals surface area contributed by atoms with Gasteiger partial charge in [-0.3, -0.25) is 5.10 Å². The first-order chi connectivity index (χ1) is 9.60. The van der Waals surface area contributed by atoms with Crippen molar-refractivity contribution in [2.45, 2.75) is 59.3 Å². The smallest absolute Gasteiger partial charge is 0.0522 e. The number of aromatic amines is 1. The van der Waals surface area contributed by atoms with E-state index < -0.39 is 0 Å². The molecule has 1 N–H and O–H groups in total. The van der Waals surface area contributed by atoms with E-state index in [1.807, 2.05) is 6.20 Å². The molecule has 1 aliphatic heterocycles. The lowest BCUT2D eigenvalue weighted by atomic mass is 9.90. The van der Waals surface area contributed by atoms with E-state index in [4.69, 9.17) is 0 Å². The number of likely N-dealkylation sites (tertiary alicyclic amines) is 1. The van der Waals surface area contributed by atoms with E-state index in [1.165, 1.54) is 50.2 Å². The Bertz CT molecular complexity index is 397. The molecule has 2 atom stereocenters. The Morgan fingerprint density at radius 1 is 1.40 bits per heavy atom. The SMILES string of the molecule is CC[C@H](C)CN1CCC[C@@H](c2[nH]ncc2CC(C)C)C1. The fraction of sp³-hybridized carbons (Fsp3) is 0.824. The van der Waals surface area contributed by atoms with E-state index in [9.17, 15) is 0 Å². The van der Waals surface area contributed by atoms with Crippen LogP contribution >= 0.6 is 0 Å². The van der Waals surface area contributed by atoms with Crippen LogP contribution in [0.5, 0.6) is 0 Å². The van der Waals surface area contributed by atoms with Crippen LogP contribution in [0.15, 0.2) is 6.20 Å². The zero-order valence-corrected chi connectivity index (χ0v) is 13.7. The second-order valence-electron chi connectivity index (χ2n) is 7.02. The van der Waals surface area contributed by atoms with Gasteiger partial charge in [-0.05, 0) is 43.2 Å². The van der Waals surface area contributed by atoms with E-state index in [1.54, 1.807) is 0 Å². The average molecular weight is 277 g/mol. The lowest BCUT2D eigenvalue weighted by Crippen LogP contribution is -2.37. The molecule has 1 aromatic heterocycles. The highest BCUT2D eigenvalue weighted by Crippen LogP contribution is 2.29.